The van der Waals surface area contributed by atoms with Crippen molar-refractivity contribution in [2.75, 3.05) is 50.7 Å². The Hall–Kier alpha value is -2.40. The molecule has 3 aliphatic heterocycles. The highest BCUT2D eigenvalue weighted by atomic mass is 32.2. The first kappa shape index (κ1) is 23.3. The van der Waals surface area contributed by atoms with Gasteiger partial charge in [0, 0.05) is 51.5 Å². The van der Waals surface area contributed by atoms with Crippen molar-refractivity contribution in [3.05, 3.63) is 47.7 Å². The lowest BCUT2D eigenvalue weighted by Crippen LogP contribution is -2.53. The maximum absolute atomic E-state index is 13.3. The summed E-state index contributed by atoms with van der Waals surface area (Å²) in [6.07, 6.45) is 2.22. The van der Waals surface area contributed by atoms with E-state index in [0.29, 0.717) is 38.2 Å². The molecule has 0 aliphatic carbocycles. The fraction of sp³-hybridized carbons (Fsp3) is 0.542. The van der Waals surface area contributed by atoms with Crippen molar-refractivity contribution in [1.82, 2.24) is 20.1 Å². The Balaban J connectivity index is 1.21. The van der Waals surface area contributed by atoms with Crippen LogP contribution in [-0.2, 0) is 14.8 Å². The Kier molecular flexibility index (Phi) is 6.65. The van der Waals surface area contributed by atoms with Crippen LogP contribution in [0.1, 0.15) is 36.6 Å². The number of carbonyl (C=O) groups is 1. The number of para-hydroxylation sites is 1. The zero-order valence-corrected chi connectivity index (χ0v) is 20.4. The second-order valence-electron chi connectivity index (χ2n) is 9.37. The number of amides is 1. The van der Waals surface area contributed by atoms with Crippen molar-refractivity contribution in [3.8, 4) is 0 Å². The SMILES string of the molecule is Cc1ccccc1N1CCN(C(=O)C2CCCN(S(=O)(=O)c3ccc(C4CCNN4)o3)C2)CC1. The molecular weight excluding hydrogens is 454 g/mol. The summed E-state index contributed by atoms with van der Waals surface area (Å²) >= 11 is 0. The number of rotatable bonds is 5. The van der Waals surface area contributed by atoms with E-state index in [2.05, 4.69) is 34.8 Å². The Morgan fingerprint density at radius 2 is 1.82 bits per heavy atom. The number of hydrogen-bond acceptors (Lipinski definition) is 7. The highest BCUT2D eigenvalue weighted by Gasteiger charge is 2.37. The van der Waals surface area contributed by atoms with Crippen LogP contribution in [0.15, 0.2) is 45.9 Å². The Morgan fingerprint density at radius 1 is 1.03 bits per heavy atom. The number of hydrogen-bond donors (Lipinski definition) is 2. The molecule has 0 radical (unpaired) electrons. The number of aryl methyl sites for hydroxylation is 1. The van der Waals surface area contributed by atoms with Gasteiger partial charge in [-0.05, 0) is 49.9 Å². The Labute approximate surface area is 201 Å². The summed E-state index contributed by atoms with van der Waals surface area (Å²) in [7, 11) is -3.78. The molecule has 10 heteroatoms. The van der Waals surface area contributed by atoms with E-state index in [1.165, 1.54) is 21.6 Å². The van der Waals surface area contributed by atoms with Gasteiger partial charge in [-0.2, -0.15) is 4.31 Å². The number of sulfonamides is 1. The maximum atomic E-state index is 13.3. The van der Waals surface area contributed by atoms with Gasteiger partial charge in [0.05, 0.1) is 12.0 Å². The van der Waals surface area contributed by atoms with Gasteiger partial charge in [-0.1, -0.05) is 18.2 Å². The Bertz CT molecular complexity index is 1120. The van der Waals surface area contributed by atoms with Crippen molar-refractivity contribution in [2.45, 2.75) is 37.3 Å². The van der Waals surface area contributed by atoms with E-state index < -0.39 is 10.0 Å². The van der Waals surface area contributed by atoms with E-state index in [1.807, 2.05) is 17.0 Å². The smallest absolute Gasteiger partial charge is 0.276 e. The molecule has 1 amide bonds. The summed E-state index contributed by atoms with van der Waals surface area (Å²) in [6, 6.07) is 11.5. The summed E-state index contributed by atoms with van der Waals surface area (Å²) in [6.45, 7) is 6.40. The molecule has 9 nitrogen and oxygen atoms in total. The lowest BCUT2D eigenvalue weighted by atomic mass is 9.97. The van der Waals surface area contributed by atoms with E-state index in [4.69, 9.17) is 4.42 Å². The molecule has 2 aromatic rings. The third-order valence-electron chi connectivity index (χ3n) is 7.15. The van der Waals surface area contributed by atoms with Crippen LogP contribution >= 0.6 is 0 Å². The summed E-state index contributed by atoms with van der Waals surface area (Å²) in [5.74, 6) is 0.356. The molecule has 4 heterocycles. The molecule has 2 atom stereocenters. The molecule has 0 bridgehead atoms. The van der Waals surface area contributed by atoms with Crippen LogP contribution < -0.4 is 15.8 Å². The van der Waals surface area contributed by atoms with Gasteiger partial charge in [0.15, 0.2) is 0 Å². The van der Waals surface area contributed by atoms with Crippen molar-refractivity contribution in [2.24, 2.45) is 5.92 Å². The lowest BCUT2D eigenvalue weighted by Gasteiger charge is -2.39. The van der Waals surface area contributed by atoms with Gasteiger partial charge in [-0.25, -0.2) is 13.8 Å². The third-order valence-corrected chi connectivity index (χ3v) is 8.89. The second-order valence-corrected chi connectivity index (χ2v) is 11.2. The average Bonchev–Trinajstić information content (AvgIpc) is 3.57. The Morgan fingerprint density at radius 3 is 2.56 bits per heavy atom. The molecule has 2 N–H and O–H groups in total. The molecule has 1 aromatic carbocycles. The molecule has 0 spiro atoms. The molecule has 34 heavy (non-hydrogen) atoms. The zero-order chi connectivity index (χ0) is 23.7. The highest BCUT2D eigenvalue weighted by molar-refractivity contribution is 7.89. The van der Waals surface area contributed by atoms with Crippen molar-refractivity contribution in [1.29, 1.82) is 0 Å². The van der Waals surface area contributed by atoms with Gasteiger partial charge in [-0.3, -0.25) is 10.2 Å². The highest BCUT2D eigenvalue weighted by Crippen LogP contribution is 2.29. The van der Waals surface area contributed by atoms with Crippen molar-refractivity contribution in [3.63, 3.8) is 0 Å². The number of nitrogens with one attached hydrogen (secondary N) is 2. The first-order valence-corrected chi connectivity index (χ1v) is 13.5. The quantitative estimate of drug-likeness (QED) is 0.665. The number of carbonyl (C=O) groups excluding carboxylic acids is 1. The molecule has 0 saturated carbocycles. The first-order chi connectivity index (χ1) is 16.4. The van der Waals surface area contributed by atoms with Crippen molar-refractivity contribution >= 4 is 21.6 Å². The normalized spacial score (nSPS) is 24.5. The van der Waals surface area contributed by atoms with Gasteiger partial charge >= 0.3 is 0 Å². The van der Waals surface area contributed by atoms with Crippen LogP contribution in [0, 0.1) is 12.8 Å². The first-order valence-electron chi connectivity index (χ1n) is 12.1. The average molecular weight is 488 g/mol. The molecule has 1 aromatic heterocycles. The predicted octanol–water partition coefficient (Wildman–Crippen LogP) is 1.88. The summed E-state index contributed by atoms with van der Waals surface area (Å²) < 4.78 is 33.7. The minimum atomic E-state index is -3.78. The number of anilines is 1. The number of hydrazine groups is 1. The zero-order valence-electron chi connectivity index (χ0n) is 19.6. The monoisotopic (exact) mass is 487 g/mol. The van der Waals surface area contributed by atoms with Crippen molar-refractivity contribution < 1.29 is 17.6 Å². The number of nitrogens with zero attached hydrogens (tertiary/aromatic N) is 3. The fourth-order valence-electron chi connectivity index (χ4n) is 5.19. The fourth-order valence-corrected chi connectivity index (χ4v) is 6.63. The molecule has 3 saturated heterocycles. The van der Waals surface area contributed by atoms with E-state index >= 15 is 0 Å². The molecule has 3 aliphatic rings. The number of furan rings is 1. The summed E-state index contributed by atoms with van der Waals surface area (Å²) in [5.41, 5.74) is 8.56. The number of piperazine rings is 1. The van der Waals surface area contributed by atoms with Gasteiger partial charge in [0.2, 0.25) is 11.0 Å². The van der Waals surface area contributed by atoms with Gasteiger partial charge < -0.3 is 14.2 Å². The van der Waals surface area contributed by atoms with Crippen LogP contribution in [-0.4, -0.2) is 69.3 Å². The topological polar surface area (TPSA) is 98.1 Å². The van der Waals surface area contributed by atoms with Gasteiger partial charge in [0.25, 0.3) is 10.0 Å². The largest absolute Gasteiger partial charge is 0.447 e. The van der Waals surface area contributed by atoms with Crippen LogP contribution in [0.4, 0.5) is 5.69 Å². The lowest BCUT2D eigenvalue weighted by molar-refractivity contribution is -0.137. The second kappa shape index (κ2) is 9.69. The van der Waals surface area contributed by atoms with E-state index in [-0.39, 0.29) is 29.5 Å². The summed E-state index contributed by atoms with van der Waals surface area (Å²) in [4.78, 5) is 17.5. The van der Waals surface area contributed by atoms with Crippen LogP contribution in [0.25, 0.3) is 0 Å². The van der Waals surface area contributed by atoms with Gasteiger partial charge in [-0.15, -0.1) is 0 Å². The molecule has 3 fully saturated rings. The minimum absolute atomic E-state index is 0.0297. The van der Waals surface area contributed by atoms with Crippen LogP contribution in [0.2, 0.25) is 0 Å². The summed E-state index contributed by atoms with van der Waals surface area (Å²) in [5, 5.41) is -0.0452. The minimum Gasteiger partial charge on any atom is -0.447 e. The van der Waals surface area contributed by atoms with Gasteiger partial charge in [0.1, 0.15) is 5.76 Å². The molecule has 184 valence electrons. The standard InChI is InChI=1S/C24H33N5O4S/c1-18-5-2-3-7-21(18)27-13-15-28(16-14-27)24(30)19-6-4-12-29(17-19)34(31,32)23-9-8-22(33-23)20-10-11-25-26-20/h2-3,5,7-9,19-20,25-26H,4,6,10-17H2,1H3. The van der Waals surface area contributed by atoms with Crippen LogP contribution in [0.5, 0.6) is 0 Å². The molecule has 2 unspecified atom stereocenters. The van der Waals surface area contributed by atoms with Crippen LogP contribution in [0.3, 0.4) is 0 Å². The predicted molar refractivity (Wildman–Crippen MR) is 129 cm³/mol. The number of benzene rings is 1. The maximum Gasteiger partial charge on any atom is 0.276 e. The van der Waals surface area contributed by atoms with E-state index in [9.17, 15) is 13.2 Å². The number of piperidine rings is 1. The molecular formula is C24H33N5O4S. The molecule has 5 rings (SSSR count). The van der Waals surface area contributed by atoms with E-state index in [0.717, 1.165) is 26.1 Å². The third kappa shape index (κ3) is 4.59. The van der Waals surface area contributed by atoms with E-state index in [1.54, 1.807) is 6.07 Å².